The summed E-state index contributed by atoms with van der Waals surface area (Å²) in [5.74, 6) is -0.378. The molecule has 0 bridgehead atoms. The van der Waals surface area contributed by atoms with Gasteiger partial charge in [0.1, 0.15) is 0 Å². The number of aromatic nitrogens is 3. The molecule has 0 saturated heterocycles. The van der Waals surface area contributed by atoms with Crippen molar-refractivity contribution in [1.29, 1.82) is 0 Å². The number of nitrogens with one attached hydrogen (secondary N) is 1. The van der Waals surface area contributed by atoms with Crippen molar-refractivity contribution < 1.29 is 4.39 Å². The van der Waals surface area contributed by atoms with Crippen molar-refractivity contribution in [2.75, 3.05) is 6.54 Å². The van der Waals surface area contributed by atoms with Crippen LogP contribution in [0.15, 0.2) is 36.9 Å². The van der Waals surface area contributed by atoms with Crippen molar-refractivity contribution in [2.45, 2.75) is 19.9 Å². The number of pyridine rings is 2. The molecule has 6 heteroatoms. The Morgan fingerprint density at radius 2 is 2.18 bits per heavy atom. The standard InChI is InChI=1S/C16H16ClFN4/c1-3-19-10(2)15-7-12(13(17)8-21-15)11-6-14(18)16-20-4-5-22(16)9-11/h4-10,19H,3H2,1-2H3. The van der Waals surface area contributed by atoms with Crippen LogP contribution in [-0.4, -0.2) is 20.9 Å². The van der Waals surface area contributed by atoms with Crippen LogP contribution < -0.4 is 5.32 Å². The maximum atomic E-state index is 14.1. The number of hydrogen-bond donors (Lipinski definition) is 1. The third-order valence-corrected chi connectivity index (χ3v) is 3.89. The number of imidazole rings is 1. The third kappa shape index (κ3) is 2.69. The zero-order chi connectivity index (χ0) is 15.7. The second-order valence-electron chi connectivity index (χ2n) is 5.10. The van der Waals surface area contributed by atoms with Crippen LogP contribution in [0.5, 0.6) is 0 Å². The van der Waals surface area contributed by atoms with E-state index in [-0.39, 0.29) is 11.9 Å². The van der Waals surface area contributed by atoms with Gasteiger partial charge in [-0.25, -0.2) is 9.37 Å². The molecule has 0 fully saturated rings. The van der Waals surface area contributed by atoms with E-state index in [9.17, 15) is 4.39 Å². The summed E-state index contributed by atoms with van der Waals surface area (Å²) in [7, 11) is 0. The number of fused-ring (bicyclic) bond motifs is 1. The van der Waals surface area contributed by atoms with Crippen LogP contribution in [0.1, 0.15) is 25.6 Å². The van der Waals surface area contributed by atoms with E-state index in [1.165, 1.54) is 6.07 Å². The Balaban J connectivity index is 2.10. The van der Waals surface area contributed by atoms with Crippen molar-refractivity contribution in [3.8, 4) is 11.1 Å². The van der Waals surface area contributed by atoms with E-state index in [0.717, 1.165) is 17.8 Å². The van der Waals surface area contributed by atoms with Gasteiger partial charge in [-0.3, -0.25) is 4.98 Å². The highest BCUT2D eigenvalue weighted by Gasteiger charge is 2.13. The Bertz CT molecular complexity index is 815. The molecule has 0 aliphatic carbocycles. The molecule has 0 aliphatic rings. The predicted octanol–water partition coefficient (Wildman–Crippen LogP) is 3.86. The normalized spacial score (nSPS) is 12.7. The van der Waals surface area contributed by atoms with E-state index in [4.69, 9.17) is 11.6 Å². The summed E-state index contributed by atoms with van der Waals surface area (Å²) in [6.07, 6.45) is 6.69. The molecular formula is C16H16ClFN4. The fourth-order valence-corrected chi connectivity index (χ4v) is 2.67. The molecule has 1 N–H and O–H groups in total. The molecule has 114 valence electrons. The molecule has 0 saturated carbocycles. The number of rotatable bonds is 4. The minimum absolute atomic E-state index is 0.0999. The molecule has 0 aromatic carbocycles. The van der Waals surface area contributed by atoms with Crippen LogP contribution in [-0.2, 0) is 0 Å². The lowest BCUT2D eigenvalue weighted by atomic mass is 10.1. The van der Waals surface area contributed by atoms with Gasteiger partial charge in [0.15, 0.2) is 11.5 Å². The highest BCUT2D eigenvalue weighted by molar-refractivity contribution is 6.33. The molecular weight excluding hydrogens is 303 g/mol. The van der Waals surface area contributed by atoms with Crippen molar-refractivity contribution in [3.05, 3.63) is 53.5 Å². The molecule has 22 heavy (non-hydrogen) atoms. The van der Waals surface area contributed by atoms with Crippen LogP contribution >= 0.6 is 11.6 Å². The maximum Gasteiger partial charge on any atom is 0.173 e. The third-order valence-electron chi connectivity index (χ3n) is 3.58. The molecule has 3 rings (SSSR count). The second-order valence-corrected chi connectivity index (χ2v) is 5.51. The first-order chi connectivity index (χ1) is 10.6. The minimum atomic E-state index is -0.378. The topological polar surface area (TPSA) is 42.2 Å². The first-order valence-corrected chi connectivity index (χ1v) is 7.49. The Labute approximate surface area is 133 Å². The van der Waals surface area contributed by atoms with E-state index in [1.54, 1.807) is 23.0 Å². The van der Waals surface area contributed by atoms with Crippen LogP contribution in [0.2, 0.25) is 5.02 Å². The number of nitrogens with zero attached hydrogens (tertiary/aromatic N) is 3. The summed E-state index contributed by atoms with van der Waals surface area (Å²) in [6, 6.07) is 3.45. The van der Waals surface area contributed by atoms with E-state index in [0.29, 0.717) is 16.2 Å². The molecule has 3 aromatic heterocycles. The number of hydrogen-bond acceptors (Lipinski definition) is 3. The largest absolute Gasteiger partial charge is 0.309 e. The van der Waals surface area contributed by atoms with Gasteiger partial charge in [-0.2, -0.15) is 0 Å². The quantitative estimate of drug-likeness (QED) is 0.794. The summed E-state index contributed by atoms with van der Waals surface area (Å²) in [5, 5.41) is 3.79. The monoisotopic (exact) mass is 318 g/mol. The number of halogens is 2. The first-order valence-electron chi connectivity index (χ1n) is 7.11. The van der Waals surface area contributed by atoms with Crippen LogP contribution in [0.3, 0.4) is 0 Å². The van der Waals surface area contributed by atoms with Gasteiger partial charge in [-0.05, 0) is 25.6 Å². The minimum Gasteiger partial charge on any atom is -0.309 e. The Kier molecular flexibility index (Phi) is 4.09. The molecule has 3 aromatic rings. The first kappa shape index (κ1) is 14.9. The van der Waals surface area contributed by atoms with Crippen LogP contribution in [0, 0.1) is 5.82 Å². The van der Waals surface area contributed by atoms with E-state index in [2.05, 4.69) is 15.3 Å². The summed E-state index contributed by atoms with van der Waals surface area (Å²) in [5.41, 5.74) is 2.62. The highest BCUT2D eigenvalue weighted by atomic mass is 35.5. The Hall–Kier alpha value is -1.98. The zero-order valence-electron chi connectivity index (χ0n) is 12.3. The maximum absolute atomic E-state index is 14.1. The molecule has 1 unspecified atom stereocenters. The van der Waals surface area contributed by atoms with Gasteiger partial charge in [0.25, 0.3) is 0 Å². The van der Waals surface area contributed by atoms with E-state index < -0.39 is 0 Å². The smallest absolute Gasteiger partial charge is 0.173 e. The predicted molar refractivity (Wildman–Crippen MR) is 85.5 cm³/mol. The summed E-state index contributed by atoms with van der Waals surface area (Å²) in [4.78, 5) is 8.33. The van der Waals surface area contributed by atoms with E-state index in [1.807, 2.05) is 26.1 Å². The molecule has 0 aliphatic heterocycles. The van der Waals surface area contributed by atoms with Gasteiger partial charge in [-0.1, -0.05) is 18.5 Å². The average Bonchev–Trinajstić information content (AvgIpc) is 2.97. The second kappa shape index (κ2) is 6.02. The van der Waals surface area contributed by atoms with Crippen molar-refractivity contribution >= 4 is 17.2 Å². The van der Waals surface area contributed by atoms with Crippen LogP contribution in [0.4, 0.5) is 4.39 Å². The summed E-state index contributed by atoms with van der Waals surface area (Å²) < 4.78 is 15.8. The fourth-order valence-electron chi connectivity index (χ4n) is 2.46. The van der Waals surface area contributed by atoms with Gasteiger partial charge in [-0.15, -0.1) is 0 Å². The average molecular weight is 319 g/mol. The van der Waals surface area contributed by atoms with Gasteiger partial charge in [0.05, 0.1) is 10.7 Å². The fraction of sp³-hybridized carbons (Fsp3) is 0.250. The van der Waals surface area contributed by atoms with Gasteiger partial charge in [0, 0.05) is 42.0 Å². The lowest BCUT2D eigenvalue weighted by Crippen LogP contribution is -2.18. The SMILES string of the molecule is CCNC(C)c1cc(-c2cc(F)c3nccn3c2)c(Cl)cn1. The molecule has 0 radical (unpaired) electrons. The van der Waals surface area contributed by atoms with Gasteiger partial charge in [0.2, 0.25) is 0 Å². The molecule has 3 heterocycles. The lowest BCUT2D eigenvalue weighted by molar-refractivity contribution is 0.583. The van der Waals surface area contributed by atoms with Gasteiger partial charge >= 0.3 is 0 Å². The van der Waals surface area contributed by atoms with Crippen molar-refractivity contribution in [1.82, 2.24) is 19.7 Å². The Morgan fingerprint density at radius 3 is 2.95 bits per heavy atom. The summed E-state index contributed by atoms with van der Waals surface area (Å²) >= 11 is 6.26. The zero-order valence-corrected chi connectivity index (χ0v) is 13.1. The Morgan fingerprint density at radius 1 is 1.36 bits per heavy atom. The van der Waals surface area contributed by atoms with Crippen molar-refractivity contribution in [3.63, 3.8) is 0 Å². The lowest BCUT2D eigenvalue weighted by Gasteiger charge is -2.14. The van der Waals surface area contributed by atoms with Gasteiger partial charge < -0.3 is 9.72 Å². The van der Waals surface area contributed by atoms with E-state index >= 15 is 0 Å². The summed E-state index contributed by atoms with van der Waals surface area (Å²) in [6.45, 7) is 4.91. The molecule has 0 spiro atoms. The molecule has 4 nitrogen and oxygen atoms in total. The molecule has 1 atom stereocenters. The van der Waals surface area contributed by atoms with Crippen molar-refractivity contribution in [2.24, 2.45) is 0 Å². The highest BCUT2D eigenvalue weighted by Crippen LogP contribution is 2.30. The molecule has 0 amide bonds. The van der Waals surface area contributed by atoms with Crippen LogP contribution in [0.25, 0.3) is 16.8 Å².